The van der Waals surface area contributed by atoms with E-state index in [1.165, 1.54) is 0 Å². The molecular weight excluding hydrogens is 446 g/mol. The summed E-state index contributed by atoms with van der Waals surface area (Å²) < 4.78 is 11.3. The highest BCUT2D eigenvalue weighted by Crippen LogP contribution is 2.36. The maximum absolute atomic E-state index is 13.2. The van der Waals surface area contributed by atoms with Crippen LogP contribution in [0.25, 0.3) is 21.9 Å². The predicted molar refractivity (Wildman–Crippen MR) is 132 cm³/mol. The number of fused-ring (bicyclic) bond motifs is 2. The molecule has 1 fully saturated rings. The van der Waals surface area contributed by atoms with Crippen LogP contribution in [-0.2, 0) is 21.4 Å². The number of likely N-dealkylation sites (tertiary alicyclic amines) is 1. The van der Waals surface area contributed by atoms with Crippen LogP contribution in [0.3, 0.4) is 0 Å². The highest BCUT2D eigenvalue weighted by molar-refractivity contribution is 5.97. The Morgan fingerprint density at radius 1 is 0.943 bits per heavy atom. The molecular formula is C28H27NO6. The van der Waals surface area contributed by atoms with Crippen LogP contribution in [0.2, 0.25) is 0 Å². The second-order valence-electron chi connectivity index (χ2n) is 9.43. The second kappa shape index (κ2) is 8.41. The van der Waals surface area contributed by atoms with Gasteiger partial charge in [-0.25, -0.2) is 4.79 Å². The number of aryl methyl sites for hydroxylation is 3. The van der Waals surface area contributed by atoms with Crippen molar-refractivity contribution in [2.24, 2.45) is 0 Å². The molecule has 0 spiro atoms. The molecule has 0 aliphatic carbocycles. The van der Waals surface area contributed by atoms with E-state index in [0.717, 1.165) is 27.7 Å². The molecule has 1 amide bonds. The summed E-state index contributed by atoms with van der Waals surface area (Å²) >= 11 is 0. The number of hydrogen-bond acceptors (Lipinski definition) is 5. The third-order valence-electron chi connectivity index (χ3n) is 7.62. The molecule has 4 aromatic rings. The highest BCUT2D eigenvalue weighted by atomic mass is 16.4. The quantitative estimate of drug-likeness (QED) is 0.433. The molecule has 180 valence electrons. The largest absolute Gasteiger partial charge is 0.481 e. The van der Waals surface area contributed by atoms with E-state index in [0.29, 0.717) is 48.2 Å². The van der Waals surface area contributed by atoms with Crippen LogP contribution in [0.4, 0.5) is 0 Å². The summed E-state index contributed by atoms with van der Waals surface area (Å²) in [4.78, 5) is 39.9. The van der Waals surface area contributed by atoms with Crippen molar-refractivity contribution in [3.8, 4) is 0 Å². The van der Waals surface area contributed by atoms with Gasteiger partial charge in [0, 0.05) is 29.9 Å². The first-order valence-electron chi connectivity index (χ1n) is 11.7. The summed E-state index contributed by atoms with van der Waals surface area (Å²) in [5, 5.41) is 11.7. The molecule has 7 nitrogen and oxygen atoms in total. The van der Waals surface area contributed by atoms with Crippen molar-refractivity contribution >= 4 is 33.8 Å². The van der Waals surface area contributed by atoms with Gasteiger partial charge in [0.2, 0.25) is 5.91 Å². The van der Waals surface area contributed by atoms with E-state index >= 15 is 0 Å². The van der Waals surface area contributed by atoms with Crippen LogP contribution in [0, 0.1) is 20.8 Å². The van der Waals surface area contributed by atoms with Gasteiger partial charge in [0.05, 0.1) is 17.4 Å². The number of carbonyl (C=O) groups excluding carboxylic acids is 1. The zero-order valence-electron chi connectivity index (χ0n) is 20.0. The number of carbonyl (C=O) groups is 2. The Bertz CT molecular complexity index is 1520. The molecule has 5 rings (SSSR count). The molecule has 0 radical (unpaired) electrons. The Morgan fingerprint density at radius 3 is 2.23 bits per heavy atom. The Labute approximate surface area is 201 Å². The van der Waals surface area contributed by atoms with Crippen LogP contribution < -0.4 is 5.63 Å². The van der Waals surface area contributed by atoms with Crippen molar-refractivity contribution in [3.63, 3.8) is 0 Å². The molecule has 1 aliphatic rings. The summed E-state index contributed by atoms with van der Waals surface area (Å²) in [5.74, 6) is -0.273. The van der Waals surface area contributed by atoms with Gasteiger partial charge >= 0.3 is 11.6 Å². The van der Waals surface area contributed by atoms with E-state index < -0.39 is 17.0 Å². The van der Waals surface area contributed by atoms with Gasteiger partial charge in [-0.15, -0.1) is 0 Å². The fraction of sp³-hybridized carbons (Fsp3) is 0.321. The number of nitrogens with zero attached hydrogens (tertiary/aromatic N) is 1. The van der Waals surface area contributed by atoms with Crippen LogP contribution >= 0.6 is 0 Å². The van der Waals surface area contributed by atoms with E-state index in [1.807, 2.05) is 57.2 Å². The van der Waals surface area contributed by atoms with Gasteiger partial charge in [0.25, 0.3) is 0 Å². The molecule has 7 heteroatoms. The van der Waals surface area contributed by atoms with Crippen LogP contribution in [-0.4, -0.2) is 35.0 Å². The molecule has 0 bridgehead atoms. The van der Waals surface area contributed by atoms with Crippen molar-refractivity contribution in [2.75, 3.05) is 13.1 Å². The zero-order chi connectivity index (χ0) is 24.9. The topological polar surface area (TPSA) is 101 Å². The molecule has 0 atom stereocenters. The number of carboxylic acid groups (broad SMARTS) is 1. The van der Waals surface area contributed by atoms with E-state index in [9.17, 15) is 19.5 Å². The lowest BCUT2D eigenvalue weighted by atomic mass is 9.73. The fourth-order valence-electron chi connectivity index (χ4n) is 5.21. The van der Waals surface area contributed by atoms with Crippen molar-refractivity contribution in [1.82, 2.24) is 4.90 Å². The lowest BCUT2D eigenvalue weighted by Gasteiger charge is -2.39. The monoisotopic (exact) mass is 473 g/mol. The van der Waals surface area contributed by atoms with Gasteiger partial charge in [-0.3, -0.25) is 9.59 Å². The van der Waals surface area contributed by atoms with Gasteiger partial charge < -0.3 is 18.8 Å². The number of amides is 1. The number of hydrogen-bond donors (Lipinski definition) is 1. The number of carboxylic acids is 1. The van der Waals surface area contributed by atoms with Gasteiger partial charge in [-0.1, -0.05) is 30.3 Å². The van der Waals surface area contributed by atoms with Crippen LogP contribution in [0.1, 0.15) is 40.9 Å². The lowest BCUT2D eigenvalue weighted by molar-refractivity contribution is -0.148. The summed E-state index contributed by atoms with van der Waals surface area (Å²) in [6, 6.07) is 12.9. The molecule has 2 aromatic carbocycles. The van der Waals surface area contributed by atoms with Gasteiger partial charge in [0.15, 0.2) is 0 Å². The first-order valence-corrected chi connectivity index (χ1v) is 11.7. The van der Waals surface area contributed by atoms with Crippen molar-refractivity contribution < 1.29 is 23.5 Å². The number of furan rings is 1. The predicted octanol–water partition coefficient (Wildman–Crippen LogP) is 4.65. The average Bonchev–Trinajstić information content (AvgIpc) is 3.13. The third kappa shape index (κ3) is 3.71. The molecule has 1 aliphatic heterocycles. The van der Waals surface area contributed by atoms with Crippen molar-refractivity contribution in [3.05, 3.63) is 80.9 Å². The van der Waals surface area contributed by atoms with Gasteiger partial charge in [-0.2, -0.15) is 0 Å². The molecule has 1 N–H and O–H groups in total. The van der Waals surface area contributed by atoms with E-state index in [-0.39, 0.29) is 12.3 Å². The van der Waals surface area contributed by atoms with E-state index in [4.69, 9.17) is 8.83 Å². The van der Waals surface area contributed by atoms with Crippen molar-refractivity contribution in [2.45, 2.75) is 45.4 Å². The van der Waals surface area contributed by atoms with E-state index in [1.54, 1.807) is 11.0 Å². The average molecular weight is 474 g/mol. The first kappa shape index (κ1) is 22.9. The van der Waals surface area contributed by atoms with Crippen molar-refractivity contribution in [1.29, 1.82) is 0 Å². The molecule has 1 saturated heterocycles. The van der Waals surface area contributed by atoms with Crippen LogP contribution in [0.5, 0.6) is 0 Å². The summed E-state index contributed by atoms with van der Waals surface area (Å²) in [6.45, 7) is 6.33. The minimum absolute atomic E-state index is 0.0864. The van der Waals surface area contributed by atoms with Gasteiger partial charge in [0.1, 0.15) is 16.9 Å². The Hall–Kier alpha value is -3.87. The summed E-state index contributed by atoms with van der Waals surface area (Å²) in [5.41, 5.74) is 2.36. The lowest BCUT2D eigenvalue weighted by Crippen LogP contribution is -2.49. The summed E-state index contributed by atoms with van der Waals surface area (Å²) in [7, 11) is 0. The minimum atomic E-state index is -1.01. The fourth-order valence-corrected chi connectivity index (χ4v) is 5.21. The first-order chi connectivity index (χ1) is 16.7. The zero-order valence-corrected chi connectivity index (χ0v) is 20.0. The number of benzene rings is 2. The smallest absolute Gasteiger partial charge is 0.340 e. The maximum Gasteiger partial charge on any atom is 0.340 e. The molecule has 0 saturated carbocycles. The molecule has 0 unspecified atom stereocenters. The number of piperidine rings is 1. The Kier molecular flexibility index (Phi) is 5.50. The standard InChI is InChI=1S/C28H27NO6/c1-16-18(3)34-23-15-24-21(13-20(16)23)17(2)22(26(31)35-24)14-25(30)29-11-9-28(10-12-29,27(32)33)19-7-5-4-6-8-19/h4-8,13,15H,9-12,14H2,1-3H3,(H,32,33). The normalized spacial score (nSPS) is 15.6. The summed E-state index contributed by atoms with van der Waals surface area (Å²) in [6.07, 6.45) is 0.554. The Balaban J connectivity index is 1.41. The third-order valence-corrected chi connectivity index (χ3v) is 7.62. The number of aliphatic carboxylic acids is 1. The molecule has 3 heterocycles. The number of rotatable bonds is 4. The minimum Gasteiger partial charge on any atom is -0.481 e. The second-order valence-corrected chi connectivity index (χ2v) is 9.43. The highest BCUT2D eigenvalue weighted by Gasteiger charge is 2.43. The van der Waals surface area contributed by atoms with Crippen LogP contribution in [0.15, 0.2) is 56.1 Å². The molecule has 35 heavy (non-hydrogen) atoms. The SMILES string of the molecule is Cc1oc2cc3oc(=O)c(CC(=O)N4CCC(C(=O)O)(c5ccccc5)CC4)c(C)c3cc2c1C. The van der Waals surface area contributed by atoms with E-state index in [2.05, 4.69) is 0 Å². The van der Waals surface area contributed by atoms with Gasteiger partial charge in [-0.05, 0) is 56.4 Å². The Morgan fingerprint density at radius 2 is 1.57 bits per heavy atom. The molecule has 2 aromatic heterocycles. The maximum atomic E-state index is 13.2.